The fraction of sp³-hybridized carbons (Fsp3) is 0.636. The number of rotatable bonds is 3. The summed E-state index contributed by atoms with van der Waals surface area (Å²) in [4.78, 5) is 17.1. The molecule has 0 N–H and O–H groups in total. The van der Waals surface area contributed by atoms with Crippen LogP contribution in [0.3, 0.4) is 0 Å². The Morgan fingerprint density at radius 3 is 2.69 bits per heavy atom. The lowest BCUT2D eigenvalue weighted by Gasteiger charge is -2.24. The van der Waals surface area contributed by atoms with Crippen molar-refractivity contribution in [3.63, 3.8) is 0 Å². The maximum Gasteiger partial charge on any atom is 0.410 e. The lowest BCUT2D eigenvalue weighted by Crippen LogP contribution is -2.35. The van der Waals surface area contributed by atoms with E-state index in [2.05, 4.69) is 4.98 Å². The molecule has 0 radical (unpaired) electrons. The molecule has 1 aromatic heterocycles. The summed E-state index contributed by atoms with van der Waals surface area (Å²) in [6.07, 6.45) is 5.01. The largest absolute Gasteiger partial charge is 0.444 e. The number of amides is 1. The van der Waals surface area contributed by atoms with Gasteiger partial charge in [-0.2, -0.15) is 0 Å². The third-order valence-corrected chi connectivity index (χ3v) is 1.96. The van der Waals surface area contributed by atoms with Crippen LogP contribution in [-0.4, -0.2) is 39.7 Å². The molecule has 16 heavy (non-hydrogen) atoms. The third kappa shape index (κ3) is 4.33. The molecule has 0 aromatic carbocycles. The maximum atomic E-state index is 11.6. The second kappa shape index (κ2) is 5.01. The van der Waals surface area contributed by atoms with E-state index in [1.54, 1.807) is 24.5 Å². The fourth-order valence-corrected chi connectivity index (χ4v) is 1.12. The number of carbonyl (C=O) groups is 1. The SMILES string of the molecule is CN(CCn1ccnc1)C(=O)OC(C)(C)C. The number of hydrogen-bond donors (Lipinski definition) is 0. The minimum Gasteiger partial charge on any atom is -0.444 e. The first-order valence-electron chi connectivity index (χ1n) is 5.28. The molecule has 5 heteroatoms. The Kier molecular flexibility index (Phi) is 3.93. The predicted molar refractivity (Wildman–Crippen MR) is 61.1 cm³/mol. The van der Waals surface area contributed by atoms with Crippen LogP contribution in [0.1, 0.15) is 20.8 Å². The van der Waals surface area contributed by atoms with Crippen LogP contribution in [0.15, 0.2) is 18.7 Å². The van der Waals surface area contributed by atoms with Gasteiger partial charge in [0.25, 0.3) is 0 Å². The van der Waals surface area contributed by atoms with Gasteiger partial charge in [0.15, 0.2) is 0 Å². The zero-order chi connectivity index (χ0) is 12.2. The van der Waals surface area contributed by atoms with E-state index in [-0.39, 0.29) is 6.09 Å². The van der Waals surface area contributed by atoms with Gasteiger partial charge < -0.3 is 14.2 Å². The topological polar surface area (TPSA) is 47.4 Å². The van der Waals surface area contributed by atoms with Crippen molar-refractivity contribution in [3.8, 4) is 0 Å². The quantitative estimate of drug-likeness (QED) is 0.787. The van der Waals surface area contributed by atoms with Crippen LogP contribution in [0.4, 0.5) is 4.79 Å². The number of ether oxygens (including phenoxy) is 1. The molecule has 0 aliphatic heterocycles. The molecule has 5 nitrogen and oxygen atoms in total. The average Bonchev–Trinajstić information content (AvgIpc) is 2.63. The number of likely N-dealkylation sites (N-methyl/N-ethyl adjacent to an activating group) is 1. The average molecular weight is 225 g/mol. The van der Waals surface area contributed by atoms with Gasteiger partial charge in [-0.1, -0.05) is 0 Å². The van der Waals surface area contributed by atoms with E-state index in [4.69, 9.17) is 4.74 Å². The molecule has 0 saturated carbocycles. The minimum absolute atomic E-state index is 0.299. The highest BCUT2D eigenvalue weighted by Crippen LogP contribution is 2.08. The van der Waals surface area contributed by atoms with Crippen molar-refractivity contribution in [2.24, 2.45) is 0 Å². The molecule has 0 spiro atoms. The molecule has 0 saturated heterocycles. The van der Waals surface area contributed by atoms with Crippen LogP contribution >= 0.6 is 0 Å². The van der Waals surface area contributed by atoms with Crippen LogP contribution in [0.25, 0.3) is 0 Å². The second-order valence-electron chi connectivity index (χ2n) is 4.70. The first-order chi connectivity index (χ1) is 7.38. The molecule has 0 fully saturated rings. The summed E-state index contributed by atoms with van der Waals surface area (Å²) in [6, 6.07) is 0. The van der Waals surface area contributed by atoms with Gasteiger partial charge in [0, 0.05) is 32.5 Å². The Labute approximate surface area is 96.0 Å². The first-order valence-corrected chi connectivity index (χ1v) is 5.28. The molecule has 1 amide bonds. The standard InChI is InChI=1S/C11H19N3O2/c1-11(2,3)16-10(15)13(4)7-8-14-6-5-12-9-14/h5-6,9H,7-8H2,1-4H3. The van der Waals surface area contributed by atoms with Gasteiger partial charge >= 0.3 is 6.09 Å². The Bertz CT molecular complexity index is 327. The van der Waals surface area contributed by atoms with Crippen molar-refractivity contribution in [1.29, 1.82) is 0 Å². The molecule has 0 aliphatic rings. The summed E-state index contributed by atoms with van der Waals surface area (Å²) in [7, 11) is 1.73. The molecule has 0 unspecified atom stereocenters. The van der Waals surface area contributed by atoms with Gasteiger partial charge in [-0.3, -0.25) is 0 Å². The van der Waals surface area contributed by atoms with E-state index in [1.165, 1.54) is 0 Å². The second-order valence-corrected chi connectivity index (χ2v) is 4.70. The molecular formula is C11H19N3O2. The minimum atomic E-state index is -0.444. The molecule has 1 rings (SSSR count). The lowest BCUT2D eigenvalue weighted by molar-refractivity contribution is 0.0293. The van der Waals surface area contributed by atoms with E-state index < -0.39 is 5.60 Å². The van der Waals surface area contributed by atoms with Gasteiger partial charge in [0.1, 0.15) is 5.60 Å². The van der Waals surface area contributed by atoms with E-state index in [0.717, 1.165) is 6.54 Å². The molecule has 1 heterocycles. The molecule has 0 bridgehead atoms. The summed E-state index contributed by atoms with van der Waals surface area (Å²) in [5.74, 6) is 0. The Balaban J connectivity index is 2.35. The number of imidazole rings is 1. The van der Waals surface area contributed by atoms with E-state index in [9.17, 15) is 4.79 Å². The van der Waals surface area contributed by atoms with Gasteiger partial charge in [0.05, 0.1) is 6.33 Å². The van der Waals surface area contributed by atoms with Crippen LogP contribution < -0.4 is 0 Å². The number of carbonyl (C=O) groups excluding carboxylic acids is 1. The van der Waals surface area contributed by atoms with Crippen LogP contribution in [0.2, 0.25) is 0 Å². The van der Waals surface area contributed by atoms with Gasteiger partial charge in [-0.05, 0) is 20.8 Å². The van der Waals surface area contributed by atoms with E-state index in [1.807, 2.05) is 31.5 Å². The zero-order valence-corrected chi connectivity index (χ0v) is 10.3. The monoisotopic (exact) mass is 225 g/mol. The first kappa shape index (κ1) is 12.5. The van der Waals surface area contributed by atoms with E-state index >= 15 is 0 Å². The fourth-order valence-electron chi connectivity index (χ4n) is 1.12. The van der Waals surface area contributed by atoms with Crippen molar-refractivity contribution in [2.75, 3.05) is 13.6 Å². The van der Waals surface area contributed by atoms with Crippen molar-refractivity contribution >= 4 is 6.09 Å². The van der Waals surface area contributed by atoms with Gasteiger partial charge in [-0.15, -0.1) is 0 Å². The Hall–Kier alpha value is -1.52. The van der Waals surface area contributed by atoms with Crippen molar-refractivity contribution in [3.05, 3.63) is 18.7 Å². The Morgan fingerprint density at radius 1 is 1.50 bits per heavy atom. The summed E-state index contributed by atoms with van der Waals surface area (Å²) in [5, 5.41) is 0. The third-order valence-electron chi connectivity index (χ3n) is 1.96. The summed E-state index contributed by atoms with van der Waals surface area (Å²) < 4.78 is 7.15. The lowest BCUT2D eigenvalue weighted by atomic mass is 10.2. The summed E-state index contributed by atoms with van der Waals surface area (Å²) >= 11 is 0. The molecule has 90 valence electrons. The summed E-state index contributed by atoms with van der Waals surface area (Å²) in [6.45, 7) is 6.89. The van der Waals surface area contributed by atoms with Crippen LogP contribution in [0, 0.1) is 0 Å². The van der Waals surface area contributed by atoms with Gasteiger partial charge in [-0.25, -0.2) is 9.78 Å². The zero-order valence-electron chi connectivity index (χ0n) is 10.3. The number of nitrogens with zero attached hydrogens (tertiary/aromatic N) is 3. The van der Waals surface area contributed by atoms with Gasteiger partial charge in [0.2, 0.25) is 0 Å². The predicted octanol–water partition coefficient (Wildman–Crippen LogP) is 1.75. The highest BCUT2D eigenvalue weighted by atomic mass is 16.6. The smallest absolute Gasteiger partial charge is 0.410 e. The molecule has 0 atom stereocenters. The van der Waals surface area contributed by atoms with Crippen molar-refractivity contribution in [2.45, 2.75) is 32.9 Å². The highest BCUT2D eigenvalue weighted by molar-refractivity contribution is 5.67. The van der Waals surface area contributed by atoms with Crippen LogP contribution in [0.5, 0.6) is 0 Å². The maximum absolute atomic E-state index is 11.6. The molecule has 0 aliphatic carbocycles. The van der Waals surface area contributed by atoms with E-state index in [0.29, 0.717) is 6.54 Å². The molecule has 1 aromatic rings. The Morgan fingerprint density at radius 2 is 2.19 bits per heavy atom. The molecular weight excluding hydrogens is 206 g/mol. The normalized spacial score (nSPS) is 11.2. The highest BCUT2D eigenvalue weighted by Gasteiger charge is 2.19. The summed E-state index contributed by atoms with van der Waals surface area (Å²) in [5.41, 5.74) is -0.444. The number of hydrogen-bond acceptors (Lipinski definition) is 3. The van der Waals surface area contributed by atoms with Crippen molar-refractivity contribution < 1.29 is 9.53 Å². The van der Waals surface area contributed by atoms with Crippen LogP contribution in [-0.2, 0) is 11.3 Å². The van der Waals surface area contributed by atoms with Crippen molar-refractivity contribution in [1.82, 2.24) is 14.5 Å². The number of aromatic nitrogens is 2.